The highest BCUT2D eigenvalue weighted by Crippen LogP contribution is 2.26. The molecule has 0 aromatic heterocycles. The number of ether oxygens (including phenoxy) is 1. The fraction of sp³-hybridized carbons (Fsp3) is 0.263. The lowest BCUT2D eigenvalue weighted by atomic mass is 10.1. The fourth-order valence-electron chi connectivity index (χ4n) is 3.03. The lowest BCUT2D eigenvalue weighted by Crippen LogP contribution is -2.57. The van der Waals surface area contributed by atoms with Crippen LogP contribution in [0.1, 0.15) is 17.3 Å². The molecule has 2 amide bonds. The number of carbonyl (C=O) groups excluding carboxylic acids is 2. The summed E-state index contributed by atoms with van der Waals surface area (Å²) in [6, 6.07) is 16.4. The number of rotatable bonds is 3. The molecule has 0 aliphatic carbocycles. The Balaban J connectivity index is 1.79. The number of hydrogen-bond acceptors (Lipinski definition) is 3. The van der Waals surface area contributed by atoms with E-state index in [1.54, 1.807) is 29.0 Å². The minimum Gasteiger partial charge on any atom is -0.497 e. The molecule has 3 rings (SSSR count). The van der Waals surface area contributed by atoms with E-state index < -0.39 is 0 Å². The van der Waals surface area contributed by atoms with Gasteiger partial charge in [0, 0.05) is 23.9 Å². The third kappa shape index (κ3) is 3.11. The standard InChI is InChI=1S/C19H20N2O3/c1-14-12-20(19(23)15-7-4-3-5-8-15)13-18(22)21(14)16-9-6-10-17(11-16)24-2/h3-11,14H,12-13H2,1-2H3. The molecule has 5 nitrogen and oxygen atoms in total. The highest BCUT2D eigenvalue weighted by molar-refractivity contribution is 6.02. The molecular formula is C19H20N2O3. The second-order valence-corrected chi connectivity index (χ2v) is 5.87. The molecule has 2 aromatic rings. The molecule has 1 atom stereocenters. The van der Waals surface area contributed by atoms with E-state index in [9.17, 15) is 9.59 Å². The Morgan fingerprint density at radius 1 is 1.12 bits per heavy atom. The molecule has 0 saturated carbocycles. The average molecular weight is 324 g/mol. The molecule has 5 heteroatoms. The van der Waals surface area contributed by atoms with Gasteiger partial charge in [-0.1, -0.05) is 24.3 Å². The van der Waals surface area contributed by atoms with Gasteiger partial charge in [0.25, 0.3) is 5.91 Å². The largest absolute Gasteiger partial charge is 0.497 e. The van der Waals surface area contributed by atoms with Gasteiger partial charge in [-0.3, -0.25) is 9.59 Å². The van der Waals surface area contributed by atoms with Gasteiger partial charge in [0.2, 0.25) is 5.91 Å². The molecule has 0 N–H and O–H groups in total. The van der Waals surface area contributed by atoms with Gasteiger partial charge >= 0.3 is 0 Å². The van der Waals surface area contributed by atoms with Gasteiger partial charge in [-0.05, 0) is 31.2 Å². The van der Waals surface area contributed by atoms with Crippen LogP contribution in [0.15, 0.2) is 54.6 Å². The van der Waals surface area contributed by atoms with E-state index in [0.29, 0.717) is 17.9 Å². The van der Waals surface area contributed by atoms with Gasteiger partial charge in [-0.25, -0.2) is 0 Å². The van der Waals surface area contributed by atoms with Gasteiger partial charge in [0.1, 0.15) is 12.3 Å². The topological polar surface area (TPSA) is 49.9 Å². The first-order valence-electron chi connectivity index (χ1n) is 7.90. The predicted octanol–water partition coefficient (Wildman–Crippen LogP) is 2.57. The Labute approximate surface area is 141 Å². The first kappa shape index (κ1) is 16.1. The molecule has 124 valence electrons. The van der Waals surface area contributed by atoms with Crippen molar-refractivity contribution < 1.29 is 14.3 Å². The van der Waals surface area contributed by atoms with Gasteiger partial charge in [0.15, 0.2) is 0 Å². The second-order valence-electron chi connectivity index (χ2n) is 5.87. The number of nitrogens with zero attached hydrogens (tertiary/aromatic N) is 2. The first-order chi connectivity index (χ1) is 11.6. The summed E-state index contributed by atoms with van der Waals surface area (Å²) in [6.07, 6.45) is 0. The van der Waals surface area contributed by atoms with Gasteiger partial charge in [0.05, 0.1) is 13.2 Å². The van der Waals surface area contributed by atoms with Crippen LogP contribution in [-0.2, 0) is 4.79 Å². The van der Waals surface area contributed by atoms with Crippen LogP contribution >= 0.6 is 0 Å². The summed E-state index contributed by atoms with van der Waals surface area (Å²) < 4.78 is 5.23. The monoisotopic (exact) mass is 324 g/mol. The van der Waals surface area contributed by atoms with E-state index >= 15 is 0 Å². The highest BCUT2D eigenvalue weighted by Gasteiger charge is 2.33. The smallest absolute Gasteiger partial charge is 0.254 e. The zero-order valence-corrected chi connectivity index (χ0v) is 13.8. The Bertz CT molecular complexity index is 745. The van der Waals surface area contributed by atoms with Gasteiger partial charge in [-0.15, -0.1) is 0 Å². The van der Waals surface area contributed by atoms with Crippen LogP contribution in [0.5, 0.6) is 5.75 Å². The third-order valence-corrected chi connectivity index (χ3v) is 4.16. The summed E-state index contributed by atoms with van der Waals surface area (Å²) in [4.78, 5) is 28.6. The molecule has 1 saturated heterocycles. The minimum atomic E-state index is -0.110. The molecule has 1 fully saturated rings. The van der Waals surface area contributed by atoms with Crippen molar-refractivity contribution in [3.63, 3.8) is 0 Å². The summed E-state index contributed by atoms with van der Waals surface area (Å²) >= 11 is 0. The van der Waals surface area contributed by atoms with Crippen molar-refractivity contribution in [2.75, 3.05) is 25.1 Å². The number of piperazine rings is 1. The van der Waals surface area contributed by atoms with Crippen LogP contribution in [0.2, 0.25) is 0 Å². The van der Waals surface area contributed by atoms with Crippen molar-refractivity contribution in [3.8, 4) is 5.75 Å². The molecule has 0 radical (unpaired) electrons. The van der Waals surface area contributed by atoms with Crippen LogP contribution in [0.25, 0.3) is 0 Å². The van der Waals surface area contributed by atoms with E-state index in [0.717, 1.165) is 5.69 Å². The SMILES string of the molecule is COc1cccc(N2C(=O)CN(C(=O)c3ccccc3)CC2C)c1. The quantitative estimate of drug-likeness (QED) is 0.872. The van der Waals surface area contributed by atoms with Crippen molar-refractivity contribution in [1.29, 1.82) is 0 Å². The lowest BCUT2D eigenvalue weighted by molar-refractivity contribution is -0.121. The second kappa shape index (κ2) is 6.74. The molecule has 1 aliphatic rings. The number of hydrogen-bond donors (Lipinski definition) is 0. The predicted molar refractivity (Wildman–Crippen MR) is 92.3 cm³/mol. The van der Waals surface area contributed by atoms with Crippen LogP contribution < -0.4 is 9.64 Å². The van der Waals surface area contributed by atoms with Crippen LogP contribution in [0.3, 0.4) is 0 Å². The zero-order valence-electron chi connectivity index (χ0n) is 13.8. The maximum absolute atomic E-state index is 12.6. The molecule has 1 heterocycles. The summed E-state index contributed by atoms with van der Waals surface area (Å²) in [5, 5.41) is 0. The normalized spacial score (nSPS) is 17.8. The molecule has 1 aliphatic heterocycles. The van der Waals surface area contributed by atoms with E-state index in [-0.39, 0.29) is 24.4 Å². The van der Waals surface area contributed by atoms with E-state index in [4.69, 9.17) is 4.74 Å². The average Bonchev–Trinajstić information content (AvgIpc) is 2.61. The Hall–Kier alpha value is -2.82. The number of benzene rings is 2. The van der Waals surface area contributed by atoms with Crippen LogP contribution in [0, 0.1) is 0 Å². The molecule has 2 aromatic carbocycles. The fourth-order valence-corrected chi connectivity index (χ4v) is 3.03. The molecule has 0 spiro atoms. The van der Waals surface area contributed by atoms with E-state index in [1.807, 2.05) is 49.4 Å². The van der Waals surface area contributed by atoms with Crippen molar-refractivity contribution >= 4 is 17.5 Å². The van der Waals surface area contributed by atoms with E-state index in [2.05, 4.69) is 0 Å². The first-order valence-corrected chi connectivity index (χ1v) is 7.90. The van der Waals surface area contributed by atoms with Crippen molar-refractivity contribution in [1.82, 2.24) is 4.90 Å². The number of methoxy groups -OCH3 is 1. The van der Waals surface area contributed by atoms with Crippen LogP contribution in [-0.4, -0.2) is 43.0 Å². The van der Waals surface area contributed by atoms with Crippen LogP contribution in [0.4, 0.5) is 5.69 Å². The zero-order chi connectivity index (χ0) is 17.1. The Kier molecular flexibility index (Phi) is 4.51. The molecule has 24 heavy (non-hydrogen) atoms. The van der Waals surface area contributed by atoms with Gasteiger partial charge < -0.3 is 14.5 Å². The maximum Gasteiger partial charge on any atom is 0.254 e. The molecule has 1 unspecified atom stereocenters. The van der Waals surface area contributed by atoms with Gasteiger partial charge in [-0.2, -0.15) is 0 Å². The number of carbonyl (C=O) groups is 2. The summed E-state index contributed by atoms with van der Waals surface area (Å²) in [5.41, 5.74) is 1.39. The number of anilines is 1. The minimum absolute atomic E-state index is 0.0786. The maximum atomic E-state index is 12.6. The summed E-state index contributed by atoms with van der Waals surface area (Å²) in [6.45, 7) is 2.52. The molecule has 0 bridgehead atoms. The van der Waals surface area contributed by atoms with Crippen molar-refractivity contribution in [2.24, 2.45) is 0 Å². The summed E-state index contributed by atoms with van der Waals surface area (Å²) in [5.74, 6) is 0.502. The number of amides is 2. The Morgan fingerprint density at radius 3 is 2.54 bits per heavy atom. The third-order valence-electron chi connectivity index (χ3n) is 4.16. The lowest BCUT2D eigenvalue weighted by Gasteiger charge is -2.39. The van der Waals surface area contributed by atoms with Crippen molar-refractivity contribution in [3.05, 3.63) is 60.2 Å². The highest BCUT2D eigenvalue weighted by atomic mass is 16.5. The van der Waals surface area contributed by atoms with Crippen molar-refractivity contribution in [2.45, 2.75) is 13.0 Å². The Morgan fingerprint density at radius 2 is 1.88 bits per heavy atom. The van der Waals surface area contributed by atoms with E-state index in [1.165, 1.54) is 0 Å². The summed E-state index contributed by atoms with van der Waals surface area (Å²) in [7, 11) is 1.60. The molecular weight excluding hydrogens is 304 g/mol.